The predicted molar refractivity (Wildman–Crippen MR) is 122 cm³/mol. The lowest BCUT2D eigenvalue weighted by atomic mass is 10.1. The quantitative estimate of drug-likeness (QED) is 0.425. The summed E-state index contributed by atoms with van der Waals surface area (Å²) >= 11 is 0. The molecule has 7 heteroatoms. The molecule has 0 spiro atoms. The molecule has 1 aliphatic heterocycles. The summed E-state index contributed by atoms with van der Waals surface area (Å²) in [6.07, 6.45) is 0. The van der Waals surface area contributed by atoms with Crippen LogP contribution >= 0.6 is 0 Å². The van der Waals surface area contributed by atoms with E-state index in [0.717, 1.165) is 38.9 Å². The normalized spacial score (nSPS) is 12.4. The van der Waals surface area contributed by atoms with Gasteiger partial charge < -0.3 is 24.5 Å². The van der Waals surface area contributed by atoms with E-state index in [1.807, 2.05) is 43.3 Å². The number of aryl methyl sites for hydroxylation is 1. The largest absolute Gasteiger partial charge is 0.477 e. The van der Waals surface area contributed by atoms with Gasteiger partial charge in [-0.2, -0.15) is 0 Å². The molecule has 6 nitrogen and oxygen atoms in total. The van der Waals surface area contributed by atoms with Crippen molar-refractivity contribution in [2.24, 2.45) is 0 Å². The number of ether oxygens (including phenoxy) is 2. The van der Waals surface area contributed by atoms with Crippen molar-refractivity contribution in [2.75, 3.05) is 6.79 Å². The van der Waals surface area contributed by atoms with Gasteiger partial charge in [0.1, 0.15) is 11.5 Å². The Labute approximate surface area is 190 Å². The molecule has 0 saturated heterocycles. The number of aromatic nitrogens is 1. The molecule has 33 heavy (non-hydrogen) atoms. The Bertz CT molecular complexity index is 1340. The Morgan fingerprint density at radius 3 is 2.55 bits per heavy atom. The zero-order chi connectivity index (χ0) is 22.9. The number of halogens is 1. The van der Waals surface area contributed by atoms with Gasteiger partial charge in [0.2, 0.25) is 6.79 Å². The van der Waals surface area contributed by atoms with Crippen LogP contribution in [0.2, 0.25) is 0 Å². The smallest absolute Gasteiger partial charge is 0.352 e. The van der Waals surface area contributed by atoms with Crippen molar-refractivity contribution in [2.45, 2.75) is 26.6 Å². The van der Waals surface area contributed by atoms with Gasteiger partial charge in [0.25, 0.3) is 0 Å². The second-order valence-electron chi connectivity index (χ2n) is 8.16. The van der Waals surface area contributed by atoms with E-state index in [1.165, 1.54) is 12.1 Å². The molecule has 2 N–H and O–H groups in total. The molecule has 0 unspecified atom stereocenters. The highest BCUT2D eigenvalue weighted by atomic mass is 19.1. The van der Waals surface area contributed by atoms with Gasteiger partial charge >= 0.3 is 5.97 Å². The van der Waals surface area contributed by atoms with Crippen molar-refractivity contribution >= 4 is 16.9 Å². The number of benzene rings is 3. The standard InChI is InChI=1S/C26H23FN2O4/c1-16-2-8-20-21(13-28-12-18-5-9-23-24(11-18)33-15-32-23)25(26(30)31)29(22(20)10-16)14-17-3-6-19(27)7-4-17/h2-11,28H,12-15H2,1H3,(H,30,31). The van der Waals surface area contributed by atoms with Gasteiger partial charge in [0, 0.05) is 36.1 Å². The van der Waals surface area contributed by atoms with Crippen LogP contribution < -0.4 is 14.8 Å². The van der Waals surface area contributed by atoms with Gasteiger partial charge in [-0.3, -0.25) is 0 Å². The number of hydrogen-bond acceptors (Lipinski definition) is 4. The van der Waals surface area contributed by atoms with Crippen LogP contribution in [0.3, 0.4) is 0 Å². The molecule has 0 saturated carbocycles. The number of nitrogens with zero attached hydrogens (tertiary/aromatic N) is 1. The Morgan fingerprint density at radius 1 is 1.00 bits per heavy atom. The average molecular weight is 446 g/mol. The van der Waals surface area contributed by atoms with Crippen LogP contribution in [0.15, 0.2) is 60.7 Å². The number of carboxylic acid groups (broad SMARTS) is 1. The van der Waals surface area contributed by atoms with Crippen LogP contribution in [0.1, 0.15) is 32.7 Å². The van der Waals surface area contributed by atoms with E-state index in [9.17, 15) is 14.3 Å². The first-order chi connectivity index (χ1) is 16.0. The molecular weight excluding hydrogens is 423 g/mol. The van der Waals surface area contributed by atoms with Crippen LogP contribution in [-0.2, 0) is 19.6 Å². The van der Waals surface area contributed by atoms with Crippen molar-refractivity contribution < 1.29 is 23.8 Å². The zero-order valence-corrected chi connectivity index (χ0v) is 18.1. The Balaban J connectivity index is 1.47. The Kier molecular flexibility index (Phi) is 5.48. The van der Waals surface area contributed by atoms with Gasteiger partial charge in [-0.1, -0.05) is 30.3 Å². The molecule has 3 aromatic carbocycles. The molecule has 1 aliphatic rings. The van der Waals surface area contributed by atoms with Crippen LogP contribution in [0.4, 0.5) is 4.39 Å². The summed E-state index contributed by atoms with van der Waals surface area (Å²) < 4.78 is 26.0. The fourth-order valence-electron chi connectivity index (χ4n) is 4.27. The lowest BCUT2D eigenvalue weighted by Crippen LogP contribution is -2.17. The maximum absolute atomic E-state index is 13.4. The average Bonchev–Trinajstić information content (AvgIpc) is 3.37. The second-order valence-corrected chi connectivity index (χ2v) is 8.16. The van der Waals surface area contributed by atoms with E-state index in [0.29, 0.717) is 25.4 Å². The molecule has 0 radical (unpaired) electrons. The fraction of sp³-hybridized carbons (Fsp3) is 0.192. The number of carboxylic acids is 1. The molecule has 0 atom stereocenters. The van der Waals surface area contributed by atoms with Crippen molar-refractivity contribution in [1.29, 1.82) is 0 Å². The number of rotatable bonds is 7. The molecule has 0 amide bonds. The van der Waals surface area contributed by atoms with E-state index in [4.69, 9.17) is 9.47 Å². The Hall–Kier alpha value is -3.84. The predicted octanol–water partition coefficient (Wildman–Crippen LogP) is 4.85. The minimum Gasteiger partial charge on any atom is -0.477 e. The summed E-state index contributed by atoms with van der Waals surface area (Å²) in [5, 5.41) is 14.4. The lowest BCUT2D eigenvalue weighted by Gasteiger charge is -2.10. The van der Waals surface area contributed by atoms with Crippen LogP contribution in [0.25, 0.3) is 10.9 Å². The van der Waals surface area contributed by atoms with Crippen molar-refractivity contribution in [3.63, 3.8) is 0 Å². The van der Waals surface area contributed by atoms with Gasteiger partial charge in [-0.25, -0.2) is 9.18 Å². The fourth-order valence-corrected chi connectivity index (χ4v) is 4.27. The van der Waals surface area contributed by atoms with Crippen molar-refractivity contribution in [1.82, 2.24) is 9.88 Å². The first kappa shape index (κ1) is 21.0. The minimum atomic E-state index is -0.995. The van der Waals surface area contributed by atoms with Crippen LogP contribution in [0, 0.1) is 12.7 Å². The van der Waals surface area contributed by atoms with Gasteiger partial charge in [0.05, 0.1) is 0 Å². The van der Waals surface area contributed by atoms with E-state index < -0.39 is 5.97 Å². The number of aromatic carboxylic acids is 1. The topological polar surface area (TPSA) is 72.7 Å². The van der Waals surface area contributed by atoms with Gasteiger partial charge in [-0.15, -0.1) is 0 Å². The SMILES string of the molecule is Cc1ccc2c(CNCc3ccc4c(c3)OCO4)c(C(=O)O)n(Cc3ccc(F)cc3)c2c1. The summed E-state index contributed by atoms with van der Waals surface area (Å²) in [5.41, 5.74) is 4.69. The first-order valence-electron chi connectivity index (χ1n) is 10.7. The first-order valence-corrected chi connectivity index (χ1v) is 10.7. The molecule has 1 aromatic heterocycles. The monoisotopic (exact) mass is 446 g/mol. The summed E-state index contributed by atoms with van der Waals surface area (Å²) in [5.74, 6) is 0.128. The summed E-state index contributed by atoms with van der Waals surface area (Å²) in [4.78, 5) is 12.4. The zero-order valence-electron chi connectivity index (χ0n) is 18.1. The maximum Gasteiger partial charge on any atom is 0.352 e. The van der Waals surface area contributed by atoms with Crippen molar-refractivity contribution in [3.05, 3.63) is 94.4 Å². The number of nitrogens with one attached hydrogen (secondary N) is 1. The number of carbonyl (C=O) groups is 1. The molecule has 4 aromatic rings. The molecular formula is C26H23FN2O4. The lowest BCUT2D eigenvalue weighted by molar-refractivity contribution is 0.0684. The van der Waals surface area contributed by atoms with Crippen LogP contribution in [0.5, 0.6) is 11.5 Å². The van der Waals surface area contributed by atoms with Crippen LogP contribution in [-0.4, -0.2) is 22.4 Å². The van der Waals surface area contributed by atoms with E-state index in [-0.39, 0.29) is 18.3 Å². The third-order valence-corrected chi connectivity index (χ3v) is 5.85. The van der Waals surface area contributed by atoms with Gasteiger partial charge in [-0.05, 0) is 53.9 Å². The number of fused-ring (bicyclic) bond motifs is 2. The Morgan fingerprint density at radius 2 is 1.76 bits per heavy atom. The van der Waals surface area contributed by atoms with Crippen molar-refractivity contribution in [3.8, 4) is 11.5 Å². The highest BCUT2D eigenvalue weighted by molar-refractivity contribution is 5.98. The molecule has 168 valence electrons. The minimum absolute atomic E-state index is 0.223. The van der Waals surface area contributed by atoms with E-state index in [1.54, 1.807) is 16.7 Å². The molecule has 0 bridgehead atoms. The third kappa shape index (κ3) is 4.15. The third-order valence-electron chi connectivity index (χ3n) is 5.85. The van der Waals surface area contributed by atoms with E-state index >= 15 is 0 Å². The molecule has 0 fully saturated rings. The summed E-state index contributed by atoms with van der Waals surface area (Å²) in [6, 6.07) is 17.8. The van der Waals surface area contributed by atoms with Gasteiger partial charge in [0.15, 0.2) is 11.5 Å². The highest BCUT2D eigenvalue weighted by Crippen LogP contribution is 2.33. The molecule has 0 aliphatic carbocycles. The summed E-state index contributed by atoms with van der Waals surface area (Å²) in [7, 11) is 0. The second kappa shape index (κ2) is 8.60. The molecule has 2 heterocycles. The summed E-state index contributed by atoms with van der Waals surface area (Å²) in [6.45, 7) is 3.47. The molecule has 5 rings (SSSR count). The number of hydrogen-bond donors (Lipinski definition) is 2. The van der Waals surface area contributed by atoms with E-state index in [2.05, 4.69) is 5.32 Å². The maximum atomic E-state index is 13.4. The highest BCUT2D eigenvalue weighted by Gasteiger charge is 2.22.